The number of Topliss-reactive ketones (excluding diaryl/α,β-unsaturated/α-hetero) is 1. The van der Waals surface area contributed by atoms with Crippen LogP contribution in [0.1, 0.15) is 36.5 Å². The number of carbonyl (C=O) groups is 1. The minimum absolute atomic E-state index is 0.0117. The molecule has 0 bridgehead atoms. The summed E-state index contributed by atoms with van der Waals surface area (Å²) in [6.07, 6.45) is -3.60. The van der Waals surface area contributed by atoms with Gasteiger partial charge in [0.05, 0.1) is 11.7 Å². The Morgan fingerprint density at radius 1 is 1.22 bits per heavy atom. The van der Waals surface area contributed by atoms with Crippen LogP contribution in [-0.4, -0.2) is 10.9 Å². The summed E-state index contributed by atoms with van der Waals surface area (Å²) in [6, 6.07) is 4.33. The Balaban J connectivity index is 2.17. The highest BCUT2D eigenvalue weighted by Gasteiger charge is 2.33. The SMILES string of the molecule is O=C1CCC[C@@H]1[C@@H](O)c1ccc(C(F)(F)F)cc1. The molecule has 0 amide bonds. The van der Waals surface area contributed by atoms with Crippen LogP contribution in [0.15, 0.2) is 24.3 Å². The Kier molecular flexibility index (Phi) is 3.43. The van der Waals surface area contributed by atoms with Gasteiger partial charge in [0.1, 0.15) is 5.78 Å². The van der Waals surface area contributed by atoms with Crippen LogP contribution in [0.4, 0.5) is 13.2 Å². The molecule has 0 radical (unpaired) electrons. The number of aliphatic hydroxyl groups is 1. The highest BCUT2D eigenvalue weighted by Crippen LogP contribution is 2.35. The van der Waals surface area contributed by atoms with Crippen molar-refractivity contribution in [2.45, 2.75) is 31.5 Å². The Morgan fingerprint density at radius 3 is 2.28 bits per heavy atom. The third-order valence-corrected chi connectivity index (χ3v) is 3.31. The zero-order valence-corrected chi connectivity index (χ0v) is 9.57. The van der Waals surface area contributed by atoms with Crippen LogP contribution in [0.5, 0.6) is 0 Å². The molecule has 1 fully saturated rings. The lowest BCUT2D eigenvalue weighted by molar-refractivity contribution is -0.137. The number of carbonyl (C=O) groups excluding carboxylic acids is 1. The van der Waals surface area contributed by atoms with Gasteiger partial charge in [-0.1, -0.05) is 12.1 Å². The van der Waals surface area contributed by atoms with Crippen LogP contribution in [0.3, 0.4) is 0 Å². The molecule has 0 aliphatic heterocycles. The predicted octanol–water partition coefficient (Wildman–Crippen LogP) is 3.11. The van der Waals surface area contributed by atoms with Crippen LogP contribution in [0, 0.1) is 5.92 Å². The smallest absolute Gasteiger partial charge is 0.388 e. The van der Waals surface area contributed by atoms with Gasteiger partial charge in [0.2, 0.25) is 0 Å². The van der Waals surface area contributed by atoms with Gasteiger partial charge in [-0.3, -0.25) is 4.79 Å². The van der Waals surface area contributed by atoms with Gasteiger partial charge in [0.25, 0.3) is 0 Å². The lowest BCUT2D eigenvalue weighted by atomic mass is 9.93. The van der Waals surface area contributed by atoms with Crippen molar-refractivity contribution in [1.82, 2.24) is 0 Å². The van der Waals surface area contributed by atoms with Crippen molar-refractivity contribution in [3.8, 4) is 0 Å². The van der Waals surface area contributed by atoms with Crippen molar-refractivity contribution in [3.63, 3.8) is 0 Å². The molecule has 0 aromatic heterocycles. The number of hydrogen-bond donors (Lipinski definition) is 1. The first-order chi connectivity index (χ1) is 8.39. The first-order valence-electron chi connectivity index (χ1n) is 5.77. The van der Waals surface area contributed by atoms with E-state index in [-0.39, 0.29) is 5.78 Å². The summed E-state index contributed by atoms with van der Waals surface area (Å²) in [5.74, 6) is -0.482. The maximum absolute atomic E-state index is 12.4. The number of halogens is 3. The number of aliphatic hydroxyl groups excluding tert-OH is 1. The third kappa shape index (κ3) is 2.56. The molecule has 1 saturated carbocycles. The molecule has 0 unspecified atom stereocenters. The maximum Gasteiger partial charge on any atom is 0.416 e. The predicted molar refractivity (Wildman–Crippen MR) is 58.8 cm³/mol. The van der Waals surface area contributed by atoms with E-state index in [1.807, 2.05) is 0 Å². The van der Waals surface area contributed by atoms with E-state index >= 15 is 0 Å². The molecule has 1 aromatic carbocycles. The zero-order chi connectivity index (χ0) is 13.3. The second-order valence-electron chi connectivity index (χ2n) is 4.53. The molecule has 0 spiro atoms. The van der Waals surface area contributed by atoms with Gasteiger partial charge in [0, 0.05) is 12.3 Å². The monoisotopic (exact) mass is 258 g/mol. The van der Waals surface area contributed by atoms with Gasteiger partial charge in [0.15, 0.2) is 0 Å². The topological polar surface area (TPSA) is 37.3 Å². The van der Waals surface area contributed by atoms with Gasteiger partial charge < -0.3 is 5.11 Å². The van der Waals surface area contributed by atoms with E-state index in [9.17, 15) is 23.1 Å². The number of benzene rings is 1. The van der Waals surface area contributed by atoms with E-state index in [0.717, 1.165) is 18.6 Å². The van der Waals surface area contributed by atoms with Crippen LogP contribution < -0.4 is 0 Å². The van der Waals surface area contributed by atoms with Crippen LogP contribution in [-0.2, 0) is 11.0 Å². The molecule has 0 saturated heterocycles. The van der Waals surface area contributed by atoms with Crippen LogP contribution in [0.25, 0.3) is 0 Å². The standard InChI is InChI=1S/C13H13F3O2/c14-13(15,16)9-6-4-8(5-7-9)12(18)10-2-1-3-11(10)17/h4-7,10,12,18H,1-3H2/t10-,12-/m0/s1. The summed E-state index contributed by atoms with van der Waals surface area (Å²) < 4.78 is 37.1. The van der Waals surface area contributed by atoms with Crippen molar-refractivity contribution in [2.75, 3.05) is 0 Å². The minimum Gasteiger partial charge on any atom is -0.388 e. The average Bonchev–Trinajstić information content (AvgIpc) is 2.73. The summed E-state index contributed by atoms with van der Waals surface area (Å²) in [5, 5.41) is 9.98. The third-order valence-electron chi connectivity index (χ3n) is 3.31. The van der Waals surface area contributed by atoms with Crippen LogP contribution in [0.2, 0.25) is 0 Å². The highest BCUT2D eigenvalue weighted by atomic mass is 19.4. The first kappa shape index (κ1) is 13.1. The Morgan fingerprint density at radius 2 is 1.83 bits per heavy atom. The largest absolute Gasteiger partial charge is 0.416 e. The molecule has 1 aliphatic rings. The fourth-order valence-electron chi connectivity index (χ4n) is 2.28. The van der Waals surface area contributed by atoms with E-state index in [2.05, 4.69) is 0 Å². The van der Waals surface area contributed by atoms with Crippen molar-refractivity contribution >= 4 is 5.78 Å². The fraction of sp³-hybridized carbons (Fsp3) is 0.462. The van der Waals surface area contributed by atoms with Crippen molar-refractivity contribution in [3.05, 3.63) is 35.4 Å². The lowest BCUT2D eigenvalue weighted by Gasteiger charge is -2.17. The van der Waals surface area contributed by atoms with Gasteiger partial charge >= 0.3 is 6.18 Å². The maximum atomic E-state index is 12.4. The van der Waals surface area contributed by atoms with Crippen molar-refractivity contribution in [2.24, 2.45) is 5.92 Å². The lowest BCUT2D eigenvalue weighted by Crippen LogP contribution is -2.17. The minimum atomic E-state index is -4.38. The molecule has 2 atom stereocenters. The fourth-order valence-corrected chi connectivity index (χ4v) is 2.28. The molecule has 1 aromatic rings. The first-order valence-corrected chi connectivity index (χ1v) is 5.77. The van der Waals surface area contributed by atoms with E-state index < -0.39 is 23.8 Å². The average molecular weight is 258 g/mol. The van der Waals surface area contributed by atoms with E-state index in [4.69, 9.17) is 0 Å². The Labute approximate surface area is 102 Å². The van der Waals surface area contributed by atoms with Gasteiger partial charge in [-0.05, 0) is 30.5 Å². The summed E-state index contributed by atoms with van der Waals surface area (Å²) in [7, 11) is 0. The van der Waals surface area contributed by atoms with E-state index in [0.29, 0.717) is 18.4 Å². The second kappa shape index (κ2) is 4.72. The molecule has 18 heavy (non-hydrogen) atoms. The molecule has 2 nitrogen and oxygen atoms in total. The molecule has 2 rings (SSSR count). The molecule has 1 aliphatic carbocycles. The van der Waals surface area contributed by atoms with Crippen molar-refractivity contribution < 1.29 is 23.1 Å². The number of ketones is 1. The molecular formula is C13H13F3O2. The molecule has 98 valence electrons. The van der Waals surface area contributed by atoms with Crippen molar-refractivity contribution in [1.29, 1.82) is 0 Å². The Bertz CT molecular complexity index is 437. The normalized spacial score (nSPS) is 22.2. The molecule has 5 heteroatoms. The van der Waals surface area contributed by atoms with Gasteiger partial charge in [-0.25, -0.2) is 0 Å². The summed E-state index contributed by atoms with van der Waals surface area (Å²) in [6.45, 7) is 0. The highest BCUT2D eigenvalue weighted by molar-refractivity contribution is 5.83. The quantitative estimate of drug-likeness (QED) is 0.885. The zero-order valence-electron chi connectivity index (χ0n) is 9.57. The van der Waals surface area contributed by atoms with Crippen LogP contribution >= 0.6 is 0 Å². The van der Waals surface area contributed by atoms with Gasteiger partial charge in [-0.2, -0.15) is 13.2 Å². The second-order valence-corrected chi connectivity index (χ2v) is 4.53. The number of hydrogen-bond acceptors (Lipinski definition) is 2. The summed E-state index contributed by atoms with van der Waals surface area (Å²) >= 11 is 0. The molecular weight excluding hydrogens is 245 g/mol. The number of alkyl halides is 3. The molecule has 0 heterocycles. The summed E-state index contributed by atoms with van der Waals surface area (Å²) in [4.78, 5) is 11.5. The summed E-state index contributed by atoms with van der Waals surface area (Å²) in [5.41, 5.74) is -0.389. The van der Waals surface area contributed by atoms with Gasteiger partial charge in [-0.15, -0.1) is 0 Å². The van der Waals surface area contributed by atoms with E-state index in [1.165, 1.54) is 12.1 Å². The van der Waals surface area contributed by atoms with E-state index in [1.54, 1.807) is 0 Å². The Hall–Kier alpha value is -1.36. The number of rotatable bonds is 2. The molecule has 1 N–H and O–H groups in total.